The number of benzene rings is 1. The van der Waals surface area contributed by atoms with Gasteiger partial charge in [0.25, 0.3) is 5.56 Å². The lowest BCUT2D eigenvalue weighted by molar-refractivity contribution is 0.545. The summed E-state index contributed by atoms with van der Waals surface area (Å²) >= 11 is 12.1. The third kappa shape index (κ3) is 3.11. The zero-order valence-electron chi connectivity index (χ0n) is 13.8. The number of pyridine rings is 1. The number of nitrogens with one attached hydrogen (secondary N) is 1. The fraction of sp³-hybridized carbons (Fsp3) is 0.235. The number of nitrogens with zero attached hydrogens (tertiary/aromatic N) is 2. The molecule has 4 nitrogen and oxygen atoms in total. The topological polar surface area (TPSA) is 37.3 Å². The van der Waals surface area contributed by atoms with Gasteiger partial charge >= 0.3 is 0 Å². The van der Waals surface area contributed by atoms with Crippen LogP contribution in [0.25, 0.3) is 11.3 Å². The lowest BCUT2D eigenvalue weighted by Gasteiger charge is -2.24. The Kier molecular flexibility index (Phi) is 5.05. The molecule has 0 fully saturated rings. The Balaban J connectivity index is 2.37. The molecule has 0 spiro atoms. The van der Waals surface area contributed by atoms with Crippen molar-refractivity contribution in [2.75, 3.05) is 5.01 Å². The first-order chi connectivity index (χ1) is 12.2. The fourth-order valence-corrected chi connectivity index (χ4v) is 3.17. The van der Waals surface area contributed by atoms with Crippen LogP contribution in [0.4, 0.5) is 18.9 Å². The van der Waals surface area contributed by atoms with E-state index in [2.05, 4.69) is 5.43 Å². The van der Waals surface area contributed by atoms with Crippen molar-refractivity contribution in [2.45, 2.75) is 26.4 Å². The van der Waals surface area contributed by atoms with Crippen molar-refractivity contribution in [3.05, 3.63) is 62.3 Å². The molecule has 0 amide bonds. The molecule has 1 unspecified atom stereocenters. The molecule has 1 aliphatic heterocycles. The second-order valence-corrected chi connectivity index (χ2v) is 6.60. The Hall–Kier alpha value is -1.96. The zero-order chi connectivity index (χ0) is 19.2. The molecule has 3 rings (SSSR count). The van der Waals surface area contributed by atoms with Crippen molar-refractivity contribution in [3.63, 3.8) is 0 Å². The van der Waals surface area contributed by atoms with Gasteiger partial charge < -0.3 is 4.57 Å². The molecule has 1 N–H and O–H groups in total. The molecule has 1 atom stereocenters. The van der Waals surface area contributed by atoms with E-state index in [1.165, 1.54) is 17.3 Å². The van der Waals surface area contributed by atoms with Crippen LogP contribution in [0, 0.1) is 17.5 Å². The molecule has 0 saturated heterocycles. The minimum absolute atomic E-state index is 0.0702. The molecule has 138 valence electrons. The average molecular weight is 404 g/mol. The minimum Gasteiger partial charge on any atom is -0.305 e. The number of rotatable bonds is 3. The van der Waals surface area contributed by atoms with E-state index in [0.717, 1.165) is 4.57 Å². The first-order valence-corrected chi connectivity index (χ1v) is 8.51. The van der Waals surface area contributed by atoms with E-state index in [9.17, 15) is 18.0 Å². The molecule has 9 heteroatoms. The van der Waals surface area contributed by atoms with Gasteiger partial charge in [-0.3, -0.25) is 9.80 Å². The lowest BCUT2D eigenvalue weighted by Crippen LogP contribution is -2.36. The van der Waals surface area contributed by atoms with E-state index < -0.39 is 28.6 Å². The first-order valence-electron chi connectivity index (χ1n) is 7.75. The van der Waals surface area contributed by atoms with Crippen molar-refractivity contribution < 1.29 is 13.2 Å². The summed E-state index contributed by atoms with van der Waals surface area (Å²) < 4.78 is 43.4. The van der Waals surface area contributed by atoms with Crippen molar-refractivity contribution in [1.82, 2.24) is 9.99 Å². The molecule has 2 heterocycles. The summed E-state index contributed by atoms with van der Waals surface area (Å²) in [7, 11) is 0. The Morgan fingerprint density at radius 2 is 1.77 bits per heavy atom. The third-order valence-corrected chi connectivity index (χ3v) is 4.74. The van der Waals surface area contributed by atoms with Gasteiger partial charge in [-0.1, -0.05) is 23.2 Å². The molecule has 0 aliphatic carbocycles. The van der Waals surface area contributed by atoms with Crippen LogP contribution >= 0.6 is 23.2 Å². The van der Waals surface area contributed by atoms with Crippen LogP contribution < -0.4 is 16.0 Å². The normalized spacial score (nSPS) is 17.0. The molecule has 26 heavy (non-hydrogen) atoms. The highest BCUT2D eigenvalue weighted by molar-refractivity contribution is 6.31. The van der Waals surface area contributed by atoms with Gasteiger partial charge in [0.1, 0.15) is 22.5 Å². The summed E-state index contributed by atoms with van der Waals surface area (Å²) in [5.74, 6) is -3.31. The van der Waals surface area contributed by atoms with Crippen molar-refractivity contribution in [3.8, 4) is 11.3 Å². The molecular formula is C17H14Cl2F3N3O. The third-order valence-electron chi connectivity index (χ3n) is 4.04. The summed E-state index contributed by atoms with van der Waals surface area (Å²) in [6.07, 6.45) is 1.52. The zero-order valence-corrected chi connectivity index (χ0v) is 15.3. The molecule has 1 aromatic carbocycles. The first kappa shape index (κ1) is 18.8. The second-order valence-electron chi connectivity index (χ2n) is 5.75. The van der Waals surface area contributed by atoms with Crippen molar-refractivity contribution in [2.24, 2.45) is 0 Å². The number of hydrazine groups is 1. The number of aromatic nitrogens is 1. The Morgan fingerprint density at radius 1 is 1.15 bits per heavy atom. The molecular weight excluding hydrogens is 390 g/mol. The highest BCUT2D eigenvalue weighted by atomic mass is 35.5. The minimum atomic E-state index is -1.13. The van der Waals surface area contributed by atoms with Gasteiger partial charge in [0.05, 0.1) is 28.0 Å². The Bertz CT molecular complexity index is 951. The van der Waals surface area contributed by atoms with Gasteiger partial charge in [0.15, 0.2) is 0 Å². The van der Waals surface area contributed by atoms with Gasteiger partial charge in [0, 0.05) is 24.9 Å². The van der Waals surface area contributed by atoms with Crippen LogP contribution in [-0.2, 0) is 6.54 Å². The maximum Gasteiger partial charge on any atom is 0.269 e. The highest BCUT2D eigenvalue weighted by Gasteiger charge is 2.28. The van der Waals surface area contributed by atoms with E-state index in [4.69, 9.17) is 23.2 Å². The summed E-state index contributed by atoms with van der Waals surface area (Å²) in [5.41, 5.74) is 2.00. The number of hydrogen-bond donors (Lipinski definition) is 1. The lowest BCUT2D eigenvalue weighted by atomic mass is 10.1. The second kappa shape index (κ2) is 6.98. The number of hydrogen-bond acceptors (Lipinski definition) is 3. The number of anilines is 1. The summed E-state index contributed by atoms with van der Waals surface area (Å²) in [5, 5.41) is 1.77. The van der Waals surface area contributed by atoms with Crippen LogP contribution in [0.5, 0.6) is 0 Å². The van der Waals surface area contributed by atoms with Gasteiger partial charge in [-0.15, -0.1) is 0 Å². The van der Waals surface area contributed by atoms with Crippen LogP contribution in [0.2, 0.25) is 5.02 Å². The van der Waals surface area contributed by atoms with Crippen LogP contribution in [0.1, 0.15) is 13.8 Å². The molecule has 0 saturated carbocycles. The predicted molar refractivity (Wildman–Crippen MR) is 95.7 cm³/mol. The van der Waals surface area contributed by atoms with E-state index in [-0.39, 0.29) is 29.0 Å². The van der Waals surface area contributed by atoms with Gasteiger partial charge in [0.2, 0.25) is 0 Å². The van der Waals surface area contributed by atoms with Crippen LogP contribution in [0.3, 0.4) is 0 Å². The highest BCUT2D eigenvalue weighted by Crippen LogP contribution is 2.37. The van der Waals surface area contributed by atoms with E-state index in [1.807, 2.05) is 0 Å². The Morgan fingerprint density at radius 3 is 2.27 bits per heavy atom. The molecule has 1 aromatic heterocycles. The summed E-state index contributed by atoms with van der Waals surface area (Å²) in [4.78, 5) is 12.4. The smallest absolute Gasteiger partial charge is 0.269 e. The average Bonchev–Trinajstić information content (AvgIpc) is 2.89. The van der Waals surface area contributed by atoms with Gasteiger partial charge in [-0.25, -0.2) is 18.6 Å². The predicted octanol–water partition coefficient (Wildman–Crippen LogP) is 4.40. The molecule has 0 bridgehead atoms. The Labute approximate surface area is 157 Å². The molecule has 0 radical (unpaired) electrons. The SMILES string of the molecule is CCn1c(-c2c(F)cc(F)cc2F)c(N2C=C(Cl)C(C)N2)cc(Cl)c1=O. The molecule has 2 aromatic rings. The number of halogens is 5. The van der Waals surface area contributed by atoms with E-state index in [0.29, 0.717) is 17.2 Å². The quantitative estimate of drug-likeness (QED) is 0.824. The molecule has 1 aliphatic rings. The monoisotopic (exact) mass is 403 g/mol. The van der Waals surface area contributed by atoms with Crippen molar-refractivity contribution in [1.29, 1.82) is 0 Å². The van der Waals surface area contributed by atoms with Crippen LogP contribution in [0.15, 0.2) is 34.2 Å². The standard InChI is InChI=1S/C17H14Cl2F3N3O/c1-3-24-16(15-12(21)4-9(20)5-13(15)22)14(6-10(18)17(24)26)25-7-11(19)8(2)23-25/h4-8,23H,3H2,1-2H3. The van der Waals surface area contributed by atoms with Gasteiger partial charge in [-0.2, -0.15) is 0 Å². The fourth-order valence-electron chi connectivity index (χ4n) is 2.82. The summed E-state index contributed by atoms with van der Waals surface area (Å²) in [6.45, 7) is 3.51. The van der Waals surface area contributed by atoms with E-state index >= 15 is 0 Å². The van der Waals surface area contributed by atoms with Crippen molar-refractivity contribution >= 4 is 28.9 Å². The van der Waals surface area contributed by atoms with E-state index in [1.54, 1.807) is 13.8 Å². The van der Waals surface area contributed by atoms with Crippen LogP contribution in [-0.4, -0.2) is 10.6 Å². The maximum atomic E-state index is 14.5. The maximum absolute atomic E-state index is 14.5. The summed E-state index contributed by atoms with van der Waals surface area (Å²) in [6, 6.07) is 2.17. The largest absolute Gasteiger partial charge is 0.305 e. The van der Waals surface area contributed by atoms with Gasteiger partial charge in [-0.05, 0) is 19.9 Å².